The molecule has 1 aliphatic heterocycles. The van der Waals surface area contributed by atoms with Gasteiger partial charge in [-0.25, -0.2) is 0 Å². The fourth-order valence-electron chi connectivity index (χ4n) is 2.39. The van der Waals surface area contributed by atoms with E-state index in [1.54, 1.807) is 0 Å². The number of hydrogen-bond donors (Lipinski definition) is 1. The third kappa shape index (κ3) is 2.86. The van der Waals surface area contributed by atoms with Crippen molar-refractivity contribution in [1.29, 1.82) is 0 Å². The lowest BCUT2D eigenvalue weighted by Crippen LogP contribution is -2.47. The average molecular weight is 238 g/mol. The van der Waals surface area contributed by atoms with E-state index in [-0.39, 0.29) is 12.1 Å². The Bertz CT molecular complexity index is 352. The van der Waals surface area contributed by atoms with Crippen molar-refractivity contribution < 1.29 is 4.74 Å². The van der Waals surface area contributed by atoms with E-state index in [9.17, 15) is 0 Å². The molecule has 0 amide bonds. The Balaban J connectivity index is 2.07. The Morgan fingerprint density at radius 1 is 1.65 bits per heavy atom. The lowest BCUT2D eigenvalue weighted by atomic mass is 10.0. The van der Waals surface area contributed by atoms with Gasteiger partial charge in [0.05, 0.1) is 24.9 Å². The summed E-state index contributed by atoms with van der Waals surface area (Å²) in [5.74, 6) is 0. The molecule has 0 radical (unpaired) electrons. The minimum atomic E-state index is 0.206. The predicted molar refractivity (Wildman–Crippen MR) is 66.9 cm³/mol. The van der Waals surface area contributed by atoms with Crippen molar-refractivity contribution in [3.8, 4) is 0 Å². The zero-order valence-electron chi connectivity index (χ0n) is 10.9. The quantitative estimate of drug-likeness (QED) is 0.824. The average Bonchev–Trinajstić information content (AvgIpc) is 2.77. The van der Waals surface area contributed by atoms with Crippen LogP contribution in [0.25, 0.3) is 0 Å². The van der Waals surface area contributed by atoms with Crippen molar-refractivity contribution in [3.63, 3.8) is 0 Å². The maximum absolute atomic E-state index is 5.89. The van der Waals surface area contributed by atoms with Crippen LogP contribution in [0.5, 0.6) is 0 Å². The monoisotopic (exact) mass is 238 g/mol. The molecule has 1 N–H and O–H groups in total. The standard InChI is InChI=1S/C12H22N4O/c1-4-16-5-6-17-11(9-16)12(13-2)10-7-14-15(3)8-10/h7-8,11-13H,4-6,9H2,1-3H3. The second kappa shape index (κ2) is 5.62. The highest BCUT2D eigenvalue weighted by atomic mass is 16.5. The summed E-state index contributed by atoms with van der Waals surface area (Å²) in [6.07, 6.45) is 4.17. The van der Waals surface area contributed by atoms with Crippen LogP contribution in [-0.2, 0) is 11.8 Å². The lowest BCUT2D eigenvalue weighted by molar-refractivity contribution is -0.0444. The Kier molecular flexibility index (Phi) is 4.15. The van der Waals surface area contributed by atoms with Gasteiger partial charge in [0, 0.05) is 31.9 Å². The summed E-state index contributed by atoms with van der Waals surface area (Å²) in [5, 5.41) is 7.57. The number of likely N-dealkylation sites (N-methyl/N-ethyl adjacent to an activating group) is 2. The van der Waals surface area contributed by atoms with E-state index < -0.39 is 0 Å². The summed E-state index contributed by atoms with van der Waals surface area (Å²) in [5.41, 5.74) is 1.19. The van der Waals surface area contributed by atoms with E-state index in [2.05, 4.69) is 28.4 Å². The van der Waals surface area contributed by atoms with Crippen molar-refractivity contribution in [3.05, 3.63) is 18.0 Å². The van der Waals surface area contributed by atoms with E-state index in [0.29, 0.717) is 0 Å². The predicted octanol–water partition coefficient (Wildman–Crippen LogP) is 0.401. The molecule has 0 aliphatic carbocycles. The molecule has 1 saturated heterocycles. The second-order valence-electron chi connectivity index (χ2n) is 4.52. The molecule has 0 saturated carbocycles. The number of ether oxygens (including phenoxy) is 1. The first-order valence-corrected chi connectivity index (χ1v) is 6.24. The number of nitrogens with zero attached hydrogens (tertiary/aromatic N) is 3. The maximum Gasteiger partial charge on any atom is 0.0897 e. The van der Waals surface area contributed by atoms with Gasteiger partial charge in [-0.05, 0) is 13.6 Å². The third-order valence-electron chi connectivity index (χ3n) is 3.39. The van der Waals surface area contributed by atoms with Crippen LogP contribution in [0.2, 0.25) is 0 Å². The molecule has 1 aromatic rings. The number of aromatic nitrogens is 2. The topological polar surface area (TPSA) is 42.3 Å². The van der Waals surface area contributed by atoms with Crippen molar-refractivity contribution in [2.24, 2.45) is 7.05 Å². The lowest BCUT2D eigenvalue weighted by Gasteiger charge is -2.36. The molecule has 1 aromatic heterocycles. The van der Waals surface area contributed by atoms with Gasteiger partial charge < -0.3 is 10.1 Å². The van der Waals surface area contributed by atoms with Crippen LogP contribution in [0.4, 0.5) is 0 Å². The van der Waals surface area contributed by atoms with E-state index in [0.717, 1.165) is 26.2 Å². The van der Waals surface area contributed by atoms with Crippen LogP contribution in [0.1, 0.15) is 18.5 Å². The van der Waals surface area contributed by atoms with Crippen LogP contribution < -0.4 is 5.32 Å². The molecule has 2 unspecified atom stereocenters. The van der Waals surface area contributed by atoms with Gasteiger partial charge in [-0.1, -0.05) is 6.92 Å². The van der Waals surface area contributed by atoms with Gasteiger partial charge in [0.25, 0.3) is 0 Å². The highest BCUT2D eigenvalue weighted by Gasteiger charge is 2.28. The minimum absolute atomic E-state index is 0.206. The Labute approximate surface area is 103 Å². The highest BCUT2D eigenvalue weighted by molar-refractivity contribution is 5.12. The van der Waals surface area contributed by atoms with Gasteiger partial charge in [-0.3, -0.25) is 9.58 Å². The molecule has 0 spiro atoms. The second-order valence-corrected chi connectivity index (χ2v) is 4.52. The van der Waals surface area contributed by atoms with Gasteiger partial charge in [0.15, 0.2) is 0 Å². The van der Waals surface area contributed by atoms with Crippen LogP contribution in [0.3, 0.4) is 0 Å². The van der Waals surface area contributed by atoms with Crippen molar-refractivity contribution in [1.82, 2.24) is 20.0 Å². The summed E-state index contributed by atoms with van der Waals surface area (Å²) in [7, 11) is 3.92. The molecule has 96 valence electrons. The number of morpholine rings is 1. The van der Waals surface area contributed by atoms with E-state index in [1.165, 1.54) is 5.56 Å². The number of nitrogens with one attached hydrogen (secondary N) is 1. The van der Waals surface area contributed by atoms with E-state index in [1.807, 2.05) is 25.0 Å². The third-order valence-corrected chi connectivity index (χ3v) is 3.39. The summed E-state index contributed by atoms with van der Waals surface area (Å²) in [6.45, 7) is 6.12. The van der Waals surface area contributed by atoms with Crippen LogP contribution in [0.15, 0.2) is 12.4 Å². The first-order valence-electron chi connectivity index (χ1n) is 6.24. The molecule has 0 bridgehead atoms. The smallest absolute Gasteiger partial charge is 0.0897 e. The number of hydrogen-bond acceptors (Lipinski definition) is 4. The van der Waals surface area contributed by atoms with Gasteiger partial charge in [-0.2, -0.15) is 5.10 Å². The molecular formula is C12H22N4O. The molecule has 2 atom stereocenters. The molecule has 17 heavy (non-hydrogen) atoms. The zero-order valence-corrected chi connectivity index (χ0v) is 10.9. The fourth-order valence-corrected chi connectivity index (χ4v) is 2.39. The summed E-state index contributed by atoms with van der Waals surface area (Å²) >= 11 is 0. The molecule has 1 fully saturated rings. The molecular weight excluding hydrogens is 216 g/mol. The zero-order chi connectivity index (χ0) is 12.3. The van der Waals surface area contributed by atoms with Crippen LogP contribution in [-0.4, -0.2) is 54.1 Å². The summed E-state index contributed by atoms with van der Waals surface area (Å²) in [4.78, 5) is 2.43. The molecule has 0 aromatic carbocycles. The molecule has 5 heteroatoms. The largest absolute Gasteiger partial charge is 0.374 e. The number of rotatable bonds is 4. The molecule has 5 nitrogen and oxygen atoms in total. The van der Waals surface area contributed by atoms with E-state index in [4.69, 9.17) is 4.74 Å². The SMILES string of the molecule is CCN1CCOC(C(NC)c2cnn(C)c2)C1. The summed E-state index contributed by atoms with van der Waals surface area (Å²) < 4.78 is 7.72. The van der Waals surface area contributed by atoms with E-state index >= 15 is 0 Å². The first-order chi connectivity index (χ1) is 8.24. The number of aryl methyl sites for hydroxylation is 1. The Morgan fingerprint density at radius 2 is 2.47 bits per heavy atom. The van der Waals surface area contributed by atoms with Crippen molar-refractivity contribution in [2.45, 2.75) is 19.1 Å². The van der Waals surface area contributed by atoms with Gasteiger partial charge >= 0.3 is 0 Å². The highest BCUT2D eigenvalue weighted by Crippen LogP contribution is 2.21. The van der Waals surface area contributed by atoms with Gasteiger partial charge in [-0.15, -0.1) is 0 Å². The fraction of sp³-hybridized carbons (Fsp3) is 0.750. The van der Waals surface area contributed by atoms with Crippen molar-refractivity contribution in [2.75, 3.05) is 33.3 Å². The maximum atomic E-state index is 5.89. The van der Waals surface area contributed by atoms with Crippen molar-refractivity contribution >= 4 is 0 Å². The minimum Gasteiger partial charge on any atom is -0.374 e. The van der Waals surface area contributed by atoms with Gasteiger partial charge in [0.1, 0.15) is 0 Å². The van der Waals surface area contributed by atoms with Crippen LogP contribution in [0, 0.1) is 0 Å². The molecule has 2 heterocycles. The first kappa shape index (κ1) is 12.5. The van der Waals surface area contributed by atoms with Gasteiger partial charge in [0.2, 0.25) is 0 Å². The van der Waals surface area contributed by atoms with Crippen LogP contribution >= 0.6 is 0 Å². The molecule has 1 aliphatic rings. The Hall–Kier alpha value is -0.910. The normalized spacial score (nSPS) is 23.8. The Morgan fingerprint density at radius 3 is 3.06 bits per heavy atom. The molecule has 2 rings (SSSR count). The summed E-state index contributed by atoms with van der Waals surface area (Å²) in [6, 6.07) is 0.220.